The van der Waals surface area contributed by atoms with E-state index in [2.05, 4.69) is 41.5 Å². The summed E-state index contributed by atoms with van der Waals surface area (Å²) in [6, 6.07) is 0. The summed E-state index contributed by atoms with van der Waals surface area (Å²) < 4.78 is 68.9. The Balaban J connectivity index is 5.25. The molecule has 0 heterocycles. The van der Waals surface area contributed by atoms with Gasteiger partial charge in [0.15, 0.2) is 12.2 Å². The van der Waals surface area contributed by atoms with Crippen molar-refractivity contribution >= 4 is 39.5 Å². The van der Waals surface area contributed by atoms with Gasteiger partial charge in [0.1, 0.15) is 19.3 Å². The van der Waals surface area contributed by atoms with E-state index < -0.39 is 97.5 Å². The highest BCUT2D eigenvalue weighted by atomic mass is 31.2. The van der Waals surface area contributed by atoms with Crippen LogP contribution in [0, 0.1) is 11.8 Å². The molecule has 0 amide bonds. The molecule has 0 saturated carbocycles. The van der Waals surface area contributed by atoms with Crippen LogP contribution in [0.1, 0.15) is 446 Å². The lowest BCUT2D eigenvalue weighted by Gasteiger charge is -2.21. The van der Waals surface area contributed by atoms with Crippen LogP contribution in [0.15, 0.2) is 0 Å². The first-order valence-corrected chi connectivity index (χ1v) is 46.5. The van der Waals surface area contributed by atoms with Gasteiger partial charge in [-0.05, 0) is 37.5 Å². The third-order valence-electron chi connectivity index (χ3n) is 19.7. The molecule has 0 aromatic carbocycles. The summed E-state index contributed by atoms with van der Waals surface area (Å²) >= 11 is 0. The van der Waals surface area contributed by atoms with Crippen LogP contribution in [0.4, 0.5) is 0 Å². The maximum absolute atomic E-state index is 13.1. The van der Waals surface area contributed by atoms with Crippen LogP contribution in [0.25, 0.3) is 0 Å². The normalized spacial score (nSPS) is 13.9. The summed E-state index contributed by atoms with van der Waals surface area (Å²) in [7, 11) is -9.93. The van der Waals surface area contributed by atoms with E-state index in [0.717, 1.165) is 102 Å². The Morgan fingerprint density at radius 1 is 0.262 bits per heavy atom. The molecule has 0 spiro atoms. The highest BCUT2D eigenvalue weighted by Crippen LogP contribution is 2.45. The number of phosphoric ester groups is 2. The van der Waals surface area contributed by atoms with E-state index in [0.29, 0.717) is 25.7 Å². The predicted molar refractivity (Wildman–Crippen MR) is 423 cm³/mol. The number of aliphatic hydroxyl groups is 1. The number of carbonyl (C=O) groups is 4. The largest absolute Gasteiger partial charge is 0.472 e. The van der Waals surface area contributed by atoms with Gasteiger partial charge in [0.25, 0.3) is 0 Å². The van der Waals surface area contributed by atoms with E-state index in [9.17, 15) is 43.2 Å². The van der Waals surface area contributed by atoms with Crippen molar-refractivity contribution < 1.29 is 80.2 Å². The van der Waals surface area contributed by atoms with E-state index in [4.69, 9.17) is 37.0 Å². The molecule has 0 fully saturated rings. The van der Waals surface area contributed by atoms with Gasteiger partial charge < -0.3 is 33.8 Å². The number of esters is 4. The summed E-state index contributed by atoms with van der Waals surface area (Å²) in [5.74, 6) is -0.595. The Hall–Kier alpha value is -1.94. The van der Waals surface area contributed by atoms with Crippen molar-refractivity contribution in [1.29, 1.82) is 0 Å². The first-order valence-electron chi connectivity index (χ1n) is 43.5. The van der Waals surface area contributed by atoms with Gasteiger partial charge in [-0.3, -0.25) is 37.3 Å². The summed E-state index contributed by atoms with van der Waals surface area (Å²) in [6.07, 6.45) is 66.6. The lowest BCUT2D eigenvalue weighted by atomic mass is 10.0. The maximum Gasteiger partial charge on any atom is 0.472 e. The molecule has 0 rings (SSSR count). The van der Waals surface area contributed by atoms with Crippen molar-refractivity contribution in [2.75, 3.05) is 39.6 Å². The van der Waals surface area contributed by atoms with Gasteiger partial charge in [0.2, 0.25) is 0 Å². The molecule has 0 aliphatic carbocycles. The van der Waals surface area contributed by atoms with E-state index in [1.165, 1.54) is 263 Å². The van der Waals surface area contributed by atoms with Gasteiger partial charge in [-0.2, -0.15) is 0 Å². The number of carbonyl (C=O) groups excluding carboxylic acids is 4. The average Bonchev–Trinajstić information content (AvgIpc) is 0.922. The molecule has 5 atom stereocenters. The number of phosphoric acid groups is 2. The van der Waals surface area contributed by atoms with E-state index >= 15 is 0 Å². The average molecular weight is 1510 g/mol. The van der Waals surface area contributed by atoms with Gasteiger partial charge in [-0.1, -0.05) is 395 Å². The van der Waals surface area contributed by atoms with E-state index in [-0.39, 0.29) is 25.7 Å². The van der Waals surface area contributed by atoms with Crippen LogP contribution in [0.2, 0.25) is 0 Å². The molecular weight excluding hydrogens is 1340 g/mol. The first-order chi connectivity index (χ1) is 49.9. The summed E-state index contributed by atoms with van der Waals surface area (Å²) in [5, 5.41) is 10.7. The third-order valence-corrected chi connectivity index (χ3v) is 21.6. The van der Waals surface area contributed by atoms with Crippen molar-refractivity contribution in [2.24, 2.45) is 11.8 Å². The number of ether oxygens (including phenoxy) is 4. The molecule has 0 aromatic rings. The van der Waals surface area contributed by atoms with Crippen LogP contribution >= 0.6 is 15.6 Å². The van der Waals surface area contributed by atoms with Crippen molar-refractivity contribution in [3.63, 3.8) is 0 Å². The molecule has 0 radical (unpaired) electrons. The number of hydrogen-bond acceptors (Lipinski definition) is 15. The zero-order valence-corrected chi connectivity index (χ0v) is 69.4. The zero-order valence-electron chi connectivity index (χ0n) is 67.6. The molecule has 103 heavy (non-hydrogen) atoms. The van der Waals surface area contributed by atoms with Crippen LogP contribution in [0.5, 0.6) is 0 Å². The second kappa shape index (κ2) is 75.5. The molecule has 3 N–H and O–H groups in total. The summed E-state index contributed by atoms with van der Waals surface area (Å²) in [6.45, 7) is 9.64. The standard InChI is InChI=1S/C84H164O17P2/c1-7-9-11-13-15-17-19-21-23-25-27-29-31-33-37-43-50-56-62-68-83(88)100-79(72-94-81(86)66-60-54-48-42-36-32-30-28-26-24-22-20-18-16-14-12-10-8-2)74-98-102(90,91)96-70-78(85)71-97-103(92,93)99-75-80(73-95-82(87)67-61-55-49-45-39-41-47-53-59-65-77(5)6)101-84(89)69-63-57-51-44-38-34-35-40-46-52-58-64-76(3)4/h76-80,85H,7-75H2,1-6H3,(H,90,91)(H,92,93)/t78-,79-,80-/m1/s1. The number of hydrogen-bond donors (Lipinski definition) is 3. The lowest BCUT2D eigenvalue weighted by Crippen LogP contribution is -2.30. The van der Waals surface area contributed by atoms with Gasteiger partial charge in [0.05, 0.1) is 26.4 Å². The monoisotopic (exact) mass is 1510 g/mol. The van der Waals surface area contributed by atoms with Crippen molar-refractivity contribution in [3.8, 4) is 0 Å². The van der Waals surface area contributed by atoms with Crippen molar-refractivity contribution in [3.05, 3.63) is 0 Å². The lowest BCUT2D eigenvalue weighted by molar-refractivity contribution is -0.161. The van der Waals surface area contributed by atoms with Crippen molar-refractivity contribution in [2.45, 2.75) is 464 Å². The molecular formula is C84H164O17P2. The molecule has 0 bridgehead atoms. The molecule has 612 valence electrons. The number of rotatable bonds is 83. The SMILES string of the molecule is CCCCCCCCCCCCCCCCCCCCCC(=O)O[C@H](COC(=O)CCCCCCCCCCCCCCCCCCCC)COP(=O)(O)OC[C@@H](O)COP(=O)(O)OC[C@@H](COC(=O)CCCCCCCCCCCC(C)C)OC(=O)CCCCCCCCCCCCCC(C)C. The Morgan fingerprint density at radius 2 is 0.447 bits per heavy atom. The van der Waals surface area contributed by atoms with Gasteiger partial charge in [-0.25, -0.2) is 9.13 Å². The minimum absolute atomic E-state index is 0.106. The predicted octanol–water partition coefficient (Wildman–Crippen LogP) is 25.5. The minimum Gasteiger partial charge on any atom is -0.462 e. The minimum atomic E-state index is -4.96. The molecule has 17 nitrogen and oxygen atoms in total. The van der Waals surface area contributed by atoms with E-state index in [1.807, 2.05) is 0 Å². The van der Waals surface area contributed by atoms with Gasteiger partial charge in [0, 0.05) is 25.7 Å². The molecule has 2 unspecified atom stereocenters. The van der Waals surface area contributed by atoms with Crippen LogP contribution in [-0.4, -0.2) is 96.7 Å². The van der Waals surface area contributed by atoms with Gasteiger partial charge in [-0.15, -0.1) is 0 Å². The maximum atomic E-state index is 13.1. The molecule has 0 aromatic heterocycles. The molecule has 19 heteroatoms. The van der Waals surface area contributed by atoms with Crippen LogP contribution in [-0.2, 0) is 65.4 Å². The second-order valence-corrected chi connectivity index (χ2v) is 34.1. The van der Waals surface area contributed by atoms with E-state index in [1.54, 1.807) is 0 Å². The number of unbranched alkanes of at least 4 members (excludes halogenated alkanes) is 53. The zero-order chi connectivity index (χ0) is 75.6. The Labute approximate surface area is 632 Å². The summed E-state index contributed by atoms with van der Waals surface area (Å²) in [4.78, 5) is 73.2. The fraction of sp³-hybridized carbons (Fsp3) is 0.952. The highest BCUT2D eigenvalue weighted by molar-refractivity contribution is 7.47. The quantitative estimate of drug-likeness (QED) is 0.0222. The second-order valence-electron chi connectivity index (χ2n) is 31.2. The highest BCUT2D eigenvalue weighted by Gasteiger charge is 2.30. The molecule has 0 aliphatic rings. The third kappa shape index (κ3) is 78.0. The molecule has 0 aliphatic heterocycles. The summed E-state index contributed by atoms with van der Waals surface area (Å²) in [5.41, 5.74) is 0. The number of aliphatic hydroxyl groups excluding tert-OH is 1. The van der Waals surface area contributed by atoms with Gasteiger partial charge >= 0.3 is 39.5 Å². The van der Waals surface area contributed by atoms with Crippen molar-refractivity contribution in [1.82, 2.24) is 0 Å². The topological polar surface area (TPSA) is 237 Å². The Bertz CT molecular complexity index is 1980. The van der Waals surface area contributed by atoms with Crippen LogP contribution in [0.3, 0.4) is 0 Å². The first kappa shape index (κ1) is 101. The van der Waals surface area contributed by atoms with Crippen LogP contribution < -0.4 is 0 Å². The smallest absolute Gasteiger partial charge is 0.462 e. The Morgan fingerprint density at radius 3 is 0.660 bits per heavy atom. The molecule has 0 saturated heterocycles. The fourth-order valence-electron chi connectivity index (χ4n) is 13.1. The Kier molecular flexibility index (Phi) is 74.1. The fourth-order valence-corrected chi connectivity index (χ4v) is 14.6.